The molecule has 5 aromatic rings. The number of nitrogens with one attached hydrogen (secondary N) is 1. The van der Waals surface area contributed by atoms with Gasteiger partial charge in [-0.3, -0.25) is 9.20 Å². The molecule has 1 aliphatic carbocycles. The number of carbonyl (C=O) groups is 1. The van der Waals surface area contributed by atoms with Crippen molar-refractivity contribution in [2.45, 2.75) is 25.8 Å². The standard InChI is InChI=1S/C28H23FN4O/c29-22-6-2-1-5-21(22)16-30-27-28-31-17-25(33(28)24-8-4-3-7-23(24)32-27)19-11-13-20(14-12-19)26(34)15-18-9-10-18/h1-8,11-14,17-18H,9-10,15-16H2,(H,30,32). The molecular formula is C28H23FN4O. The number of benzene rings is 3. The van der Waals surface area contributed by atoms with Crippen LogP contribution in [-0.2, 0) is 6.54 Å². The van der Waals surface area contributed by atoms with Gasteiger partial charge in [0.1, 0.15) is 5.82 Å². The second-order valence-corrected chi connectivity index (χ2v) is 8.84. The van der Waals surface area contributed by atoms with E-state index in [1.54, 1.807) is 12.1 Å². The summed E-state index contributed by atoms with van der Waals surface area (Å²) in [7, 11) is 0. The van der Waals surface area contributed by atoms with Gasteiger partial charge < -0.3 is 5.32 Å². The van der Waals surface area contributed by atoms with Crippen LogP contribution in [0.5, 0.6) is 0 Å². The maximum atomic E-state index is 14.1. The molecule has 0 radical (unpaired) electrons. The van der Waals surface area contributed by atoms with Crippen LogP contribution in [0.15, 0.2) is 79.0 Å². The Kier molecular flexibility index (Phi) is 5.06. The summed E-state index contributed by atoms with van der Waals surface area (Å²) in [6.07, 6.45) is 4.79. The molecular weight excluding hydrogens is 427 g/mol. The van der Waals surface area contributed by atoms with Gasteiger partial charge in [-0.25, -0.2) is 14.4 Å². The van der Waals surface area contributed by atoms with Crippen LogP contribution in [0, 0.1) is 11.7 Å². The second-order valence-electron chi connectivity index (χ2n) is 8.84. The first kappa shape index (κ1) is 20.5. The lowest BCUT2D eigenvalue weighted by atomic mass is 10.0. The van der Waals surface area contributed by atoms with Crippen molar-refractivity contribution in [1.82, 2.24) is 14.4 Å². The monoisotopic (exact) mass is 450 g/mol. The molecule has 0 unspecified atom stereocenters. The highest BCUT2D eigenvalue weighted by Gasteiger charge is 2.25. The lowest BCUT2D eigenvalue weighted by Gasteiger charge is -2.12. The third-order valence-electron chi connectivity index (χ3n) is 6.41. The van der Waals surface area contributed by atoms with Crippen LogP contribution in [0.25, 0.3) is 27.9 Å². The number of rotatable bonds is 7. The Labute approximate surface area is 196 Å². The molecule has 6 heteroatoms. The zero-order valence-electron chi connectivity index (χ0n) is 18.5. The fourth-order valence-electron chi connectivity index (χ4n) is 4.35. The highest BCUT2D eigenvalue weighted by atomic mass is 19.1. The largest absolute Gasteiger partial charge is 0.363 e. The maximum absolute atomic E-state index is 14.1. The van der Waals surface area contributed by atoms with Gasteiger partial charge in [0.25, 0.3) is 0 Å². The number of aromatic nitrogens is 3. The van der Waals surface area contributed by atoms with E-state index >= 15 is 0 Å². The first-order valence-corrected chi connectivity index (χ1v) is 11.5. The second kappa shape index (κ2) is 8.37. The Bertz CT molecular complexity index is 1520. The summed E-state index contributed by atoms with van der Waals surface area (Å²) in [6.45, 7) is 0.299. The van der Waals surface area contributed by atoms with E-state index in [-0.39, 0.29) is 11.6 Å². The number of para-hydroxylation sites is 2. The molecule has 1 N–H and O–H groups in total. The van der Waals surface area contributed by atoms with Crippen LogP contribution in [0.4, 0.5) is 10.2 Å². The number of hydrogen-bond acceptors (Lipinski definition) is 4. The van der Waals surface area contributed by atoms with E-state index in [1.165, 1.54) is 18.9 Å². The molecule has 0 spiro atoms. The minimum absolute atomic E-state index is 0.210. The van der Waals surface area contributed by atoms with Crippen LogP contribution >= 0.6 is 0 Å². The first-order chi connectivity index (χ1) is 16.7. The van der Waals surface area contributed by atoms with Gasteiger partial charge in [-0.1, -0.05) is 54.6 Å². The number of nitrogens with zero attached hydrogens (tertiary/aromatic N) is 3. The molecule has 2 aromatic heterocycles. The summed E-state index contributed by atoms with van der Waals surface area (Å²) in [5.41, 5.74) is 5.59. The van der Waals surface area contributed by atoms with E-state index in [4.69, 9.17) is 4.98 Å². The first-order valence-electron chi connectivity index (χ1n) is 11.5. The molecule has 0 amide bonds. The smallest absolute Gasteiger partial charge is 0.181 e. The van der Waals surface area contributed by atoms with Crippen LogP contribution in [0.2, 0.25) is 0 Å². The molecule has 0 saturated heterocycles. The number of fused-ring (bicyclic) bond motifs is 3. The van der Waals surface area contributed by atoms with Gasteiger partial charge in [0.05, 0.1) is 22.9 Å². The van der Waals surface area contributed by atoms with E-state index in [0.29, 0.717) is 35.9 Å². The van der Waals surface area contributed by atoms with Crippen molar-refractivity contribution in [3.05, 3.63) is 95.9 Å². The number of hydrogen-bond donors (Lipinski definition) is 1. The van der Waals surface area contributed by atoms with E-state index in [0.717, 1.165) is 27.9 Å². The molecule has 2 heterocycles. The Hall–Kier alpha value is -4.06. The zero-order chi connectivity index (χ0) is 23.1. The average Bonchev–Trinajstić information content (AvgIpc) is 3.57. The highest BCUT2D eigenvalue weighted by Crippen LogP contribution is 2.34. The Morgan fingerprint density at radius 2 is 1.76 bits per heavy atom. The minimum atomic E-state index is -0.257. The Morgan fingerprint density at radius 3 is 2.56 bits per heavy atom. The molecule has 1 aliphatic rings. The minimum Gasteiger partial charge on any atom is -0.363 e. The van der Waals surface area contributed by atoms with Crippen molar-refractivity contribution in [2.24, 2.45) is 5.92 Å². The van der Waals surface area contributed by atoms with E-state index in [2.05, 4.69) is 14.7 Å². The summed E-state index contributed by atoms with van der Waals surface area (Å²) >= 11 is 0. The van der Waals surface area contributed by atoms with Gasteiger partial charge in [0.2, 0.25) is 0 Å². The number of anilines is 1. The molecule has 1 fully saturated rings. The Morgan fingerprint density at radius 1 is 1.00 bits per heavy atom. The third-order valence-corrected chi connectivity index (χ3v) is 6.41. The lowest BCUT2D eigenvalue weighted by Crippen LogP contribution is -2.06. The normalized spacial score (nSPS) is 13.4. The lowest BCUT2D eigenvalue weighted by molar-refractivity contribution is 0.0976. The van der Waals surface area contributed by atoms with Gasteiger partial charge >= 0.3 is 0 Å². The molecule has 3 aromatic carbocycles. The van der Waals surface area contributed by atoms with Crippen LogP contribution in [0.3, 0.4) is 0 Å². The highest BCUT2D eigenvalue weighted by molar-refractivity contribution is 5.97. The van der Waals surface area contributed by atoms with Crippen molar-refractivity contribution in [2.75, 3.05) is 5.32 Å². The van der Waals surface area contributed by atoms with Crippen molar-refractivity contribution in [3.63, 3.8) is 0 Å². The summed E-state index contributed by atoms with van der Waals surface area (Å²) in [6, 6.07) is 22.3. The van der Waals surface area contributed by atoms with Crippen LogP contribution in [-0.4, -0.2) is 20.2 Å². The number of ketones is 1. The third kappa shape index (κ3) is 3.81. The summed E-state index contributed by atoms with van der Waals surface area (Å²) in [5.74, 6) is 1.11. The molecule has 6 rings (SSSR count). The van der Waals surface area contributed by atoms with Crippen molar-refractivity contribution in [1.29, 1.82) is 0 Å². The Balaban J connectivity index is 1.40. The molecule has 34 heavy (non-hydrogen) atoms. The van der Waals surface area contributed by atoms with E-state index in [1.807, 2.05) is 60.8 Å². The number of halogens is 1. The number of imidazole rings is 1. The fourth-order valence-corrected chi connectivity index (χ4v) is 4.35. The molecule has 5 nitrogen and oxygen atoms in total. The van der Waals surface area contributed by atoms with Crippen molar-refractivity contribution >= 4 is 28.3 Å². The van der Waals surface area contributed by atoms with Gasteiger partial charge in [-0.2, -0.15) is 0 Å². The van der Waals surface area contributed by atoms with E-state index < -0.39 is 0 Å². The summed E-state index contributed by atoms with van der Waals surface area (Å²) in [5, 5.41) is 3.27. The van der Waals surface area contributed by atoms with E-state index in [9.17, 15) is 9.18 Å². The van der Waals surface area contributed by atoms with Gasteiger partial charge in [-0.05, 0) is 37.0 Å². The predicted octanol–water partition coefficient (Wildman–Crippen LogP) is 6.28. The molecule has 1 saturated carbocycles. The van der Waals surface area contributed by atoms with Crippen molar-refractivity contribution < 1.29 is 9.18 Å². The molecule has 0 bridgehead atoms. The van der Waals surface area contributed by atoms with Crippen molar-refractivity contribution in [3.8, 4) is 11.3 Å². The number of carbonyl (C=O) groups excluding carboxylic acids is 1. The van der Waals surface area contributed by atoms with Gasteiger partial charge in [-0.15, -0.1) is 0 Å². The summed E-state index contributed by atoms with van der Waals surface area (Å²) in [4.78, 5) is 21.9. The average molecular weight is 451 g/mol. The molecule has 0 atom stereocenters. The maximum Gasteiger partial charge on any atom is 0.181 e. The topological polar surface area (TPSA) is 59.3 Å². The molecule has 0 aliphatic heterocycles. The number of Topliss-reactive ketones (excluding diaryl/α,β-unsaturated/α-hetero) is 1. The quantitative estimate of drug-likeness (QED) is 0.296. The van der Waals surface area contributed by atoms with Gasteiger partial charge in [0.15, 0.2) is 17.2 Å². The molecule has 168 valence electrons. The zero-order valence-corrected chi connectivity index (χ0v) is 18.5. The van der Waals surface area contributed by atoms with Gasteiger partial charge in [0, 0.05) is 29.7 Å². The van der Waals surface area contributed by atoms with Crippen LogP contribution < -0.4 is 5.32 Å². The summed E-state index contributed by atoms with van der Waals surface area (Å²) < 4.78 is 16.2. The SMILES string of the molecule is O=C(CC1CC1)c1ccc(-c2cnc3c(NCc4ccccc4F)nc4ccccc4n23)cc1. The predicted molar refractivity (Wildman–Crippen MR) is 131 cm³/mol. The van der Waals surface area contributed by atoms with Crippen LogP contribution in [0.1, 0.15) is 35.2 Å². The fraction of sp³-hybridized carbons (Fsp3) is 0.179.